The van der Waals surface area contributed by atoms with E-state index in [1.165, 1.54) is 0 Å². The van der Waals surface area contributed by atoms with Gasteiger partial charge in [0.1, 0.15) is 5.69 Å². The molecule has 1 rings (SSSR count). The van der Waals surface area contributed by atoms with Crippen LogP contribution in [0.4, 0.5) is 0 Å². The first-order valence-electron chi connectivity index (χ1n) is 2.39. The normalized spacial score (nSPS) is 9.56. The first kappa shape index (κ1) is 6.73. The number of rotatable bonds is 1. The van der Waals surface area contributed by atoms with Gasteiger partial charge in [0.05, 0.1) is 3.70 Å². The van der Waals surface area contributed by atoms with Crippen molar-refractivity contribution in [1.29, 1.82) is 0 Å². The van der Waals surface area contributed by atoms with Gasteiger partial charge in [-0.05, 0) is 22.6 Å². The van der Waals surface area contributed by atoms with Crippen molar-refractivity contribution in [1.82, 2.24) is 9.78 Å². The maximum Gasteiger partial charge on any atom is 0.170 e. The van der Waals surface area contributed by atoms with Crippen LogP contribution < -0.4 is 0 Å². The number of aryl methyl sites for hydroxylation is 1. The molecule has 1 aromatic heterocycles. The highest BCUT2D eigenvalue weighted by molar-refractivity contribution is 14.1. The van der Waals surface area contributed by atoms with Crippen LogP contribution in [0.2, 0.25) is 0 Å². The van der Waals surface area contributed by atoms with Crippen LogP contribution in [-0.2, 0) is 7.05 Å². The van der Waals surface area contributed by atoms with E-state index in [4.69, 9.17) is 0 Å². The Balaban J connectivity index is 3.11. The third-order valence-corrected chi connectivity index (χ3v) is 1.97. The molecule has 3 nitrogen and oxygen atoms in total. The average molecular weight is 236 g/mol. The molecule has 0 unspecified atom stereocenters. The highest BCUT2D eigenvalue weighted by Gasteiger charge is 1.97. The van der Waals surface area contributed by atoms with Crippen LogP contribution in [0.15, 0.2) is 6.07 Å². The fraction of sp³-hybridized carbons (Fsp3) is 0.200. The highest BCUT2D eigenvalue weighted by atomic mass is 127. The molecule has 1 aromatic rings. The van der Waals surface area contributed by atoms with Gasteiger partial charge in [0.2, 0.25) is 0 Å². The summed E-state index contributed by atoms with van der Waals surface area (Å²) in [6, 6.07) is 1.73. The lowest BCUT2D eigenvalue weighted by Gasteiger charge is -1.85. The Morgan fingerprint density at radius 3 is 2.78 bits per heavy atom. The average Bonchev–Trinajstić information content (AvgIpc) is 2.13. The summed E-state index contributed by atoms with van der Waals surface area (Å²) < 4.78 is 2.62. The highest BCUT2D eigenvalue weighted by Crippen LogP contribution is 2.02. The molecule has 48 valence electrons. The number of aromatic nitrogens is 2. The van der Waals surface area contributed by atoms with Crippen molar-refractivity contribution < 1.29 is 4.79 Å². The number of aldehydes is 1. The van der Waals surface area contributed by atoms with Crippen LogP contribution in [0, 0.1) is 3.70 Å². The zero-order chi connectivity index (χ0) is 6.85. The van der Waals surface area contributed by atoms with Crippen LogP contribution in [0.25, 0.3) is 0 Å². The zero-order valence-electron chi connectivity index (χ0n) is 4.84. The van der Waals surface area contributed by atoms with E-state index >= 15 is 0 Å². The number of nitrogens with zero attached hydrogens (tertiary/aromatic N) is 2. The van der Waals surface area contributed by atoms with E-state index in [0.717, 1.165) is 9.99 Å². The molecule has 0 saturated carbocycles. The van der Waals surface area contributed by atoms with Crippen LogP contribution in [0.3, 0.4) is 0 Å². The molecule has 1 heterocycles. The van der Waals surface area contributed by atoms with E-state index in [1.807, 2.05) is 0 Å². The smallest absolute Gasteiger partial charge is 0.170 e. The summed E-state index contributed by atoms with van der Waals surface area (Å²) in [4.78, 5) is 10.1. The third-order valence-electron chi connectivity index (χ3n) is 0.962. The molecule has 0 aliphatic carbocycles. The van der Waals surface area contributed by atoms with Gasteiger partial charge < -0.3 is 0 Å². The van der Waals surface area contributed by atoms with Crippen LogP contribution in [0.1, 0.15) is 10.5 Å². The second-order valence-corrected chi connectivity index (χ2v) is 2.74. The van der Waals surface area contributed by atoms with Crippen LogP contribution in [-0.4, -0.2) is 16.1 Å². The Morgan fingerprint density at radius 2 is 2.56 bits per heavy atom. The maximum absolute atomic E-state index is 10.1. The van der Waals surface area contributed by atoms with Gasteiger partial charge in [0.25, 0.3) is 0 Å². The van der Waals surface area contributed by atoms with E-state index < -0.39 is 0 Å². The summed E-state index contributed by atoms with van der Waals surface area (Å²) in [5.74, 6) is 0. The SMILES string of the molecule is Cn1nc(C=O)cc1I. The van der Waals surface area contributed by atoms with Gasteiger partial charge in [-0.3, -0.25) is 9.48 Å². The van der Waals surface area contributed by atoms with Gasteiger partial charge in [-0.2, -0.15) is 5.10 Å². The molecule has 0 N–H and O–H groups in total. The molecule has 0 bridgehead atoms. The predicted molar refractivity (Wildman–Crippen MR) is 41.3 cm³/mol. The van der Waals surface area contributed by atoms with Gasteiger partial charge in [0.15, 0.2) is 6.29 Å². The standard InChI is InChI=1S/C5H5IN2O/c1-8-5(6)2-4(3-9)7-8/h2-3H,1H3. The van der Waals surface area contributed by atoms with Gasteiger partial charge in [-0.1, -0.05) is 0 Å². The van der Waals surface area contributed by atoms with Crippen molar-refractivity contribution in [2.45, 2.75) is 0 Å². The molecule has 0 spiro atoms. The minimum atomic E-state index is 0.488. The van der Waals surface area contributed by atoms with E-state index in [1.54, 1.807) is 17.8 Å². The van der Waals surface area contributed by atoms with Gasteiger partial charge in [-0.15, -0.1) is 0 Å². The van der Waals surface area contributed by atoms with Crippen molar-refractivity contribution in [2.24, 2.45) is 7.05 Å². The number of carbonyl (C=O) groups excluding carboxylic acids is 1. The summed E-state index contributed by atoms with van der Waals surface area (Å²) in [6.07, 6.45) is 0.738. The molecule has 0 aromatic carbocycles. The molecular formula is C5H5IN2O. The Labute approximate surface area is 66.2 Å². The van der Waals surface area contributed by atoms with Crippen molar-refractivity contribution in [3.8, 4) is 0 Å². The fourth-order valence-corrected chi connectivity index (χ4v) is 0.950. The molecule has 0 fully saturated rings. The van der Waals surface area contributed by atoms with Crippen molar-refractivity contribution in [2.75, 3.05) is 0 Å². The Kier molecular flexibility index (Phi) is 1.84. The molecule has 0 radical (unpaired) electrons. The molecule has 0 saturated heterocycles. The lowest BCUT2D eigenvalue weighted by Crippen LogP contribution is -1.92. The van der Waals surface area contributed by atoms with E-state index in [0.29, 0.717) is 5.69 Å². The Bertz CT molecular complexity index is 211. The monoisotopic (exact) mass is 236 g/mol. The topological polar surface area (TPSA) is 34.9 Å². The third kappa shape index (κ3) is 1.29. The van der Waals surface area contributed by atoms with E-state index in [9.17, 15) is 4.79 Å². The Hall–Kier alpha value is -0.390. The summed E-state index contributed by atoms with van der Waals surface area (Å²) >= 11 is 2.11. The molecule has 9 heavy (non-hydrogen) atoms. The van der Waals surface area contributed by atoms with E-state index in [-0.39, 0.29) is 0 Å². The molecule has 0 aliphatic heterocycles. The van der Waals surface area contributed by atoms with Crippen molar-refractivity contribution in [3.05, 3.63) is 15.5 Å². The van der Waals surface area contributed by atoms with Gasteiger partial charge in [-0.25, -0.2) is 0 Å². The number of hydrogen-bond acceptors (Lipinski definition) is 2. The second kappa shape index (κ2) is 2.47. The summed E-state index contributed by atoms with van der Waals surface area (Å²) in [6.45, 7) is 0. The van der Waals surface area contributed by atoms with Gasteiger partial charge >= 0.3 is 0 Å². The first-order valence-corrected chi connectivity index (χ1v) is 3.46. The quantitative estimate of drug-likeness (QED) is 0.534. The van der Waals surface area contributed by atoms with Crippen LogP contribution in [0.5, 0.6) is 0 Å². The molecule has 0 amide bonds. The first-order chi connectivity index (χ1) is 4.24. The lowest BCUT2D eigenvalue weighted by molar-refractivity contribution is 0.111. The van der Waals surface area contributed by atoms with Crippen molar-refractivity contribution in [3.63, 3.8) is 0 Å². The summed E-state index contributed by atoms with van der Waals surface area (Å²) in [7, 11) is 1.80. The second-order valence-electron chi connectivity index (χ2n) is 1.63. The number of halogens is 1. The zero-order valence-corrected chi connectivity index (χ0v) is 6.99. The summed E-state index contributed by atoms with van der Waals surface area (Å²) in [5.41, 5.74) is 0.488. The molecule has 0 aliphatic rings. The lowest BCUT2D eigenvalue weighted by atomic mass is 10.5. The minimum absolute atomic E-state index is 0.488. The van der Waals surface area contributed by atoms with Crippen LogP contribution >= 0.6 is 22.6 Å². The number of carbonyl (C=O) groups is 1. The molecular weight excluding hydrogens is 231 g/mol. The Morgan fingerprint density at radius 1 is 1.89 bits per heavy atom. The largest absolute Gasteiger partial charge is 0.296 e. The van der Waals surface area contributed by atoms with Crippen molar-refractivity contribution >= 4 is 28.9 Å². The fourth-order valence-electron chi connectivity index (χ4n) is 0.523. The number of hydrogen-bond donors (Lipinski definition) is 0. The minimum Gasteiger partial charge on any atom is -0.296 e. The predicted octanol–water partition coefficient (Wildman–Crippen LogP) is 0.837. The molecule has 0 atom stereocenters. The summed E-state index contributed by atoms with van der Waals surface area (Å²) in [5, 5.41) is 3.87. The maximum atomic E-state index is 10.1. The van der Waals surface area contributed by atoms with E-state index in [2.05, 4.69) is 27.7 Å². The van der Waals surface area contributed by atoms with Gasteiger partial charge in [0, 0.05) is 13.1 Å². The molecule has 4 heteroatoms.